The molecule has 0 spiro atoms. The van der Waals surface area contributed by atoms with Crippen molar-refractivity contribution < 1.29 is 14.6 Å². The average Bonchev–Trinajstić information content (AvgIpc) is 3.17. The number of nitrogens with zero attached hydrogens (tertiary/aromatic N) is 4. The second kappa shape index (κ2) is 5.88. The smallest absolute Gasteiger partial charge is 0.273 e. The Morgan fingerprint density at radius 2 is 2.29 bits per heavy atom. The number of hydrogen-bond acceptors (Lipinski definition) is 6. The molecule has 0 bridgehead atoms. The Kier molecular flexibility index (Phi) is 3.70. The lowest BCUT2D eigenvalue weighted by molar-refractivity contribution is 0.0177. The number of amides is 1. The lowest BCUT2D eigenvalue weighted by atomic mass is 10.1. The minimum absolute atomic E-state index is 0.000303. The number of carbonyl (C=O) groups excluding carboxylic acids is 1. The first-order chi connectivity index (χ1) is 11.7. The van der Waals surface area contributed by atoms with E-state index in [1.54, 1.807) is 23.2 Å². The van der Waals surface area contributed by atoms with Gasteiger partial charge in [-0.25, -0.2) is 9.97 Å². The van der Waals surface area contributed by atoms with Crippen LogP contribution in [0.1, 0.15) is 16.2 Å². The SMILES string of the molecule is Cn1c(CO)nc2cc(C(=O)N3CC(Oc4nccs4)C3)ccc21. The molecule has 2 aromatic heterocycles. The third-order valence-electron chi connectivity index (χ3n) is 4.17. The number of rotatable bonds is 4. The number of ether oxygens (including phenoxy) is 1. The first kappa shape index (κ1) is 15.1. The summed E-state index contributed by atoms with van der Waals surface area (Å²) in [6, 6.07) is 5.42. The third kappa shape index (κ3) is 2.53. The Labute approximate surface area is 142 Å². The Bertz CT molecular complexity index is 884. The molecule has 3 aromatic rings. The van der Waals surface area contributed by atoms with Gasteiger partial charge in [-0.3, -0.25) is 4.79 Å². The Balaban J connectivity index is 1.46. The van der Waals surface area contributed by atoms with E-state index >= 15 is 0 Å². The van der Waals surface area contributed by atoms with Crippen LogP contribution in [0.4, 0.5) is 0 Å². The van der Waals surface area contributed by atoms with Gasteiger partial charge in [0, 0.05) is 24.2 Å². The van der Waals surface area contributed by atoms with Crippen molar-refractivity contribution in [1.82, 2.24) is 19.4 Å². The molecule has 1 saturated heterocycles. The largest absolute Gasteiger partial charge is 0.463 e. The van der Waals surface area contributed by atoms with E-state index in [1.165, 1.54) is 11.3 Å². The van der Waals surface area contributed by atoms with Crippen LogP contribution in [-0.4, -0.2) is 49.6 Å². The fourth-order valence-electron chi connectivity index (χ4n) is 2.80. The summed E-state index contributed by atoms with van der Waals surface area (Å²) in [4.78, 5) is 22.7. The molecule has 0 unspecified atom stereocenters. The van der Waals surface area contributed by atoms with E-state index in [4.69, 9.17) is 4.74 Å². The van der Waals surface area contributed by atoms with Crippen LogP contribution in [0.5, 0.6) is 5.19 Å². The van der Waals surface area contributed by atoms with Crippen molar-refractivity contribution in [3.63, 3.8) is 0 Å². The number of aliphatic hydroxyl groups excluding tert-OH is 1. The molecular formula is C16H16N4O3S. The van der Waals surface area contributed by atoms with Gasteiger partial charge in [-0.2, -0.15) is 0 Å². The molecule has 8 heteroatoms. The molecule has 0 atom stereocenters. The van der Waals surface area contributed by atoms with Crippen molar-refractivity contribution >= 4 is 28.3 Å². The average molecular weight is 344 g/mol. The fraction of sp³-hybridized carbons (Fsp3) is 0.312. The number of imidazole rings is 1. The minimum Gasteiger partial charge on any atom is -0.463 e. The lowest BCUT2D eigenvalue weighted by Crippen LogP contribution is -2.56. The number of likely N-dealkylation sites (tertiary alicyclic amines) is 1. The number of aromatic nitrogens is 3. The van der Waals surface area contributed by atoms with Gasteiger partial charge in [-0.15, -0.1) is 0 Å². The number of aryl methyl sites for hydroxylation is 1. The van der Waals surface area contributed by atoms with Gasteiger partial charge in [-0.1, -0.05) is 11.3 Å². The van der Waals surface area contributed by atoms with Gasteiger partial charge in [0.05, 0.1) is 24.1 Å². The highest BCUT2D eigenvalue weighted by molar-refractivity contribution is 7.11. The maximum Gasteiger partial charge on any atom is 0.273 e. The second-order valence-electron chi connectivity index (χ2n) is 5.70. The molecule has 0 saturated carbocycles. The first-order valence-corrected chi connectivity index (χ1v) is 8.45. The van der Waals surface area contributed by atoms with Crippen molar-refractivity contribution in [2.45, 2.75) is 12.7 Å². The molecule has 1 fully saturated rings. The van der Waals surface area contributed by atoms with E-state index in [-0.39, 0.29) is 18.6 Å². The molecule has 1 amide bonds. The van der Waals surface area contributed by atoms with E-state index in [0.717, 1.165) is 5.52 Å². The van der Waals surface area contributed by atoms with E-state index in [2.05, 4.69) is 9.97 Å². The summed E-state index contributed by atoms with van der Waals surface area (Å²) < 4.78 is 7.51. The van der Waals surface area contributed by atoms with Crippen LogP contribution in [0.3, 0.4) is 0 Å². The maximum atomic E-state index is 12.6. The summed E-state index contributed by atoms with van der Waals surface area (Å²) in [6.07, 6.45) is 1.70. The van der Waals surface area contributed by atoms with Gasteiger partial charge in [0.25, 0.3) is 11.1 Å². The summed E-state index contributed by atoms with van der Waals surface area (Å²) in [7, 11) is 1.85. The van der Waals surface area contributed by atoms with E-state index < -0.39 is 0 Å². The molecule has 1 aliphatic rings. The molecule has 0 radical (unpaired) electrons. The van der Waals surface area contributed by atoms with Crippen molar-refractivity contribution in [1.29, 1.82) is 0 Å². The highest BCUT2D eigenvalue weighted by atomic mass is 32.1. The summed E-state index contributed by atoms with van der Waals surface area (Å²) in [5, 5.41) is 11.8. The van der Waals surface area contributed by atoms with Crippen LogP contribution in [0.2, 0.25) is 0 Å². The summed E-state index contributed by atoms with van der Waals surface area (Å²) >= 11 is 1.45. The Morgan fingerprint density at radius 1 is 1.46 bits per heavy atom. The molecular weight excluding hydrogens is 328 g/mol. The predicted molar refractivity (Wildman–Crippen MR) is 89.1 cm³/mol. The zero-order valence-corrected chi connectivity index (χ0v) is 13.9. The highest BCUT2D eigenvalue weighted by Crippen LogP contribution is 2.23. The third-order valence-corrected chi connectivity index (χ3v) is 4.84. The number of benzene rings is 1. The van der Waals surface area contributed by atoms with E-state index in [0.29, 0.717) is 35.2 Å². The zero-order valence-electron chi connectivity index (χ0n) is 13.0. The molecule has 4 rings (SSSR count). The minimum atomic E-state index is -0.129. The number of carbonyl (C=O) groups is 1. The summed E-state index contributed by atoms with van der Waals surface area (Å²) in [5.41, 5.74) is 2.20. The van der Waals surface area contributed by atoms with Crippen LogP contribution >= 0.6 is 11.3 Å². The molecule has 1 N–H and O–H groups in total. The van der Waals surface area contributed by atoms with E-state index in [1.807, 2.05) is 23.1 Å². The van der Waals surface area contributed by atoms with Gasteiger partial charge in [0.15, 0.2) is 0 Å². The number of thiazole rings is 1. The molecule has 3 heterocycles. The van der Waals surface area contributed by atoms with Gasteiger partial charge in [0.1, 0.15) is 18.5 Å². The monoisotopic (exact) mass is 344 g/mol. The van der Waals surface area contributed by atoms with Gasteiger partial charge >= 0.3 is 0 Å². The molecule has 124 valence electrons. The molecule has 1 aromatic carbocycles. The maximum absolute atomic E-state index is 12.6. The molecule has 0 aliphatic carbocycles. The number of aliphatic hydroxyl groups is 1. The topological polar surface area (TPSA) is 80.5 Å². The van der Waals surface area contributed by atoms with Crippen molar-refractivity contribution in [2.75, 3.05) is 13.1 Å². The second-order valence-corrected chi connectivity index (χ2v) is 6.55. The van der Waals surface area contributed by atoms with Gasteiger partial charge in [-0.05, 0) is 18.2 Å². The zero-order chi connectivity index (χ0) is 16.7. The van der Waals surface area contributed by atoms with Crippen molar-refractivity contribution in [3.8, 4) is 5.19 Å². The van der Waals surface area contributed by atoms with Crippen molar-refractivity contribution in [3.05, 3.63) is 41.2 Å². The van der Waals surface area contributed by atoms with Crippen LogP contribution in [0.15, 0.2) is 29.8 Å². The van der Waals surface area contributed by atoms with Crippen LogP contribution < -0.4 is 4.74 Å². The highest BCUT2D eigenvalue weighted by Gasteiger charge is 2.33. The molecule has 7 nitrogen and oxygen atoms in total. The Hall–Kier alpha value is -2.45. The van der Waals surface area contributed by atoms with Gasteiger partial charge in [0.2, 0.25) is 0 Å². The Morgan fingerprint density at radius 3 is 3.00 bits per heavy atom. The quantitative estimate of drug-likeness (QED) is 0.774. The van der Waals surface area contributed by atoms with E-state index in [9.17, 15) is 9.90 Å². The lowest BCUT2D eigenvalue weighted by Gasteiger charge is -2.38. The normalized spacial score (nSPS) is 14.8. The predicted octanol–water partition coefficient (Wildman–Crippen LogP) is 1.43. The molecule has 24 heavy (non-hydrogen) atoms. The van der Waals surface area contributed by atoms with Crippen LogP contribution in [0, 0.1) is 0 Å². The standard InChI is InChI=1S/C16H16N4O3S/c1-19-13-3-2-10(6-12(13)18-14(19)9-21)15(22)20-7-11(8-20)23-16-17-4-5-24-16/h2-6,11,21H,7-9H2,1H3. The molecule has 1 aliphatic heterocycles. The van der Waals surface area contributed by atoms with Gasteiger partial charge < -0.3 is 19.3 Å². The number of fused-ring (bicyclic) bond motifs is 1. The number of hydrogen-bond donors (Lipinski definition) is 1. The van der Waals surface area contributed by atoms with Crippen LogP contribution in [-0.2, 0) is 13.7 Å². The summed E-state index contributed by atoms with van der Waals surface area (Å²) in [6.45, 7) is 0.984. The first-order valence-electron chi connectivity index (χ1n) is 7.57. The summed E-state index contributed by atoms with van der Waals surface area (Å²) in [5.74, 6) is 0.544. The fourth-order valence-corrected chi connectivity index (χ4v) is 3.35. The van der Waals surface area contributed by atoms with Crippen molar-refractivity contribution in [2.24, 2.45) is 7.05 Å². The van der Waals surface area contributed by atoms with Crippen LogP contribution in [0.25, 0.3) is 11.0 Å².